The molecule has 0 radical (unpaired) electrons. The van der Waals surface area contributed by atoms with Gasteiger partial charge in [0.1, 0.15) is 11.3 Å². The lowest BCUT2D eigenvalue weighted by atomic mass is 9.79. The monoisotopic (exact) mass is 408 g/mol. The summed E-state index contributed by atoms with van der Waals surface area (Å²) in [5.41, 5.74) is 3.79. The van der Waals surface area contributed by atoms with Crippen molar-refractivity contribution in [2.45, 2.75) is 50.5 Å². The van der Waals surface area contributed by atoms with Crippen LogP contribution in [0.2, 0.25) is 0 Å². The van der Waals surface area contributed by atoms with Crippen LogP contribution in [0.15, 0.2) is 30.3 Å². The molecule has 5 rings (SSSR count). The van der Waals surface area contributed by atoms with Crippen molar-refractivity contribution in [2.75, 3.05) is 20.7 Å². The van der Waals surface area contributed by atoms with Crippen LogP contribution in [0.1, 0.15) is 62.4 Å². The van der Waals surface area contributed by atoms with E-state index in [2.05, 4.69) is 29.3 Å². The van der Waals surface area contributed by atoms with Gasteiger partial charge in [-0.2, -0.15) is 0 Å². The van der Waals surface area contributed by atoms with E-state index in [1.807, 2.05) is 6.07 Å². The summed E-state index contributed by atoms with van der Waals surface area (Å²) < 4.78 is 6.03. The number of aromatic amines is 1. The largest absolute Gasteiger partial charge is 0.367 e. The number of allylic oxidation sites excluding steroid dienone is 2. The lowest BCUT2D eigenvalue weighted by Gasteiger charge is -2.33. The number of H-pyrrole nitrogens is 1. The molecule has 2 aliphatic carbocycles. The first-order valence-electron chi connectivity index (χ1n) is 11.2. The minimum atomic E-state index is -0.389. The summed E-state index contributed by atoms with van der Waals surface area (Å²) in [6, 6.07) is 8.34. The molecule has 5 nitrogen and oxygen atoms in total. The van der Waals surface area contributed by atoms with Crippen LogP contribution in [0.5, 0.6) is 0 Å². The van der Waals surface area contributed by atoms with Gasteiger partial charge in [-0.1, -0.05) is 18.2 Å². The highest BCUT2D eigenvalue weighted by atomic mass is 16.5. The Balaban J connectivity index is 0.00000231. The lowest BCUT2D eigenvalue weighted by molar-refractivity contribution is -0.145. The van der Waals surface area contributed by atoms with Crippen LogP contribution in [0, 0.1) is 11.8 Å². The maximum absolute atomic E-state index is 12.5. The van der Waals surface area contributed by atoms with Crippen LogP contribution in [0.4, 0.5) is 0 Å². The van der Waals surface area contributed by atoms with Gasteiger partial charge in [0.05, 0.1) is 6.61 Å². The normalized spacial score (nSPS) is 25.8. The molecule has 1 saturated heterocycles. The fraction of sp³-hybridized carbons (Fsp3) is 0.520. The van der Waals surface area contributed by atoms with E-state index in [1.165, 1.54) is 11.1 Å². The number of ether oxygens (including phenoxy) is 1. The molecule has 1 spiro atoms. The standard InChI is InChI=1S/C25H30N2O3.H2/c1-27(2)24(29)22-13-19-8-7-18(12-21(19)26-22)16-5-3-4-6-17(11-16)20-14-23(28)25(9-10-25)30-15-20;/h5,7-8,12-13,17,20,26H,3-4,6,9-11,14-15H2,1-2H3;1H. The molecule has 2 atom stereocenters. The molecule has 2 unspecified atom stereocenters. The zero-order valence-corrected chi connectivity index (χ0v) is 17.9. The van der Waals surface area contributed by atoms with Gasteiger partial charge >= 0.3 is 0 Å². The molecule has 1 N–H and O–H groups in total. The maximum Gasteiger partial charge on any atom is 0.269 e. The lowest BCUT2D eigenvalue weighted by Crippen LogP contribution is -2.39. The second-order valence-electron chi connectivity index (χ2n) is 9.50. The summed E-state index contributed by atoms with van der Waals surface area (Å²) in [6.45, 7) is 0.732. The van der Waals surface area contributed by atoms with Gasteiger partial charge in [0.25, 0.3) is 5.91 Å². The molecule has 3 aliphatic rings. The van der Waals surface area contributed by atoms with E-state index in [9.17, 15) is 9.59 Å². The molecule has 1 aromatic carbocycles. The van der Waals surface area contributed by atoms with Crippen molar-refractivity contribution in [1.82, 2.24) is 9.88 Å². The highest BCUT2D eigenvalue weighted by Gasteiger charge is 2.54. The number of nitrogens with zero attached hydrogens (tertiary/aromatic N) is 1. The van der Waals surface area contributed by atoms with Crippen molar-refractivity contribution < 1.29 is 15.8 Å². The summed E-state index contributed by atoms with van der Waals surface area (Å²) in [5, 5.41) is 1.05. The predicted octanol–water partition coefficient (Wildman–Crippen LogP) is 4.83. The van der Waals surface area contributed by atoms with Crippen molar-refractivity contribution in [2.24, 2.45) is 11.8 Å². The first-order valence-corrected chi connectivity index (χ1v) is 11.2. The van der Waals surface area contributed by atoms with Crippen LogP contribution in [-0.2, 0) is 9.53 Å². The Kier molecular flexibility index (Phi) is 4.81. The number of nitrogens with one attached hydrogen (secondary N) is 1. The van der Waals surface area contributed by atoms with Gasteiger partial charge in [0, 0.05) is 32.8 Å². The summed E-state index contributed by atoms with van der Waals surface area (Å²) in [6.07, 6.45) is 9.27. The second kappa shape index (κ2) is 7.38. The molecule has 2 fully saturated rings. The topological polar surface area (TPSA) is 62.4 Å². The first-order chi connectivity index (χ1) is 14.4. The van der Waals surface area contributed by atoms with Gasteiger partial charge in [-0.15, -0.1) is 0 Å². The summed E-state index contributed by atoms with van der Waals surface area (Å²) in [7, 11) is 3.53. The number of carbonyl (C=O) groups excluding carboxylic acids is 2. The average molecular weight is 409 g/mol. The zero-order valence-electron chi connectivity index (χ0n) is 17.9. The number of carbonyl (C=O) groups is 2. The zero-order chi connectivity index (χ0) is 20.9. The van der Waals surface area contributed by atoms with E-state index >= 15 is 0 Å². The van der Waals surface area contributed by atoms with Gasteiger partial charge in [0.15, 0.2) is 5.78 Å². The number of hydrogen-bond acceptors (Lipinski definition) is 3. The number of amides is 1. The second-order valence-corrected chi connectivity index (χ2v) is 9.50. The molecule has 2 heterocycles. The van der Waals surface area contributed by atoms with Crippen LogP contribution >= 0.6 is 0 Å². The van der Waals surface area contributed by atoms with E-state index in [-0.39, 0.29) is 12.9 Å². The smallest absolute Gasteiger partial charge is 0.269 e. The van der Waals surface area contributed by atoms with Gasteiger partial charge in [0.2, 0.25) is 0 Å². The van der Waals surface area contributed by atoms with Crippen LogP contribution in [0.3, 0.4) is 0 Å². The number of Topliss-reactive ketones (excluding diaryl/α,β-unsaturated/α-hetero) is 1. The Labute approximate surface area is 179 Å². The molecule has 30 heavy (non-hydrogen) atoms. The van der Waals surface area contributed by atoms with Gasteiger partial charge < -0.3 is 14.6 Å². The number of hydrogen-bond donors (Lipinski definition) is 1. The van der Waals surface area contributed by atoms with E-state index in [4.69, 9.17) is 4.74 Å². The minimum absolute atomic E-state index is 0. The summed E-state index contributed by atoms with van der Waals surface area (Å²) in [5.74, 6) is 1.14. The Bertz CT molecular complexity index is 1030. The van der Waals surface area contributed by atoms with Crippen molar-refractivity contribution in [1.29, 1.82) is 0 Å². The van der Waals surface area contributed by atoms with Crippen molar-refractivity contribution in [3.8, 4) is 0 Å². The predicted molar refractivity (Wildman–Crippen MR) is 119 cm³/mol. The molecule has 160 valence electrons. The molecular formula is C25H32N2O3. The third kappa shape index (κ3) is 3.49. The molecule has 1 amide bonds. The third-order valence-corrected chi connectivity index (χ3v) is 7.18. The molecular weight excluding hydrogens is 376 g/mol. The van der Waals surface area contributed by atoms with Crippen LogP contribution in [0.25, 0.3) is 16.5 Å². The Morgan fingerprint density at radius 2 is 2.03 bits per heavy atom. The third-order valence-electron chi connectivity index (χ3n) is 7.18. The Morgan fingerprint density at radius 3 is 2.77 bits per heavy atom. The fourth-order valence-corrected chi connectivity index (χ4v) is 5.11. The van der Waals surface area contributed by atoms with E-state index < -0.39 is 0 Å². The van der Waals surface area contributed by atoms with Gasteiger partial charge in [-0.3, -0.25) is 9.59 Å². The molecule has 1 saturated carbocycles. The number of rotatable bonds is 3. The first kappa shape index (κ1) is 19.6. The Hall–Kier alpha value is -2.40. The molecule has 2 aromatic rings. The summed E-state index contributed by atoms with van der Waals surface area (Å²) in [4.78, 5) is 29.7. The highest BCUT2D eigenvalue weighted by Crippen LogP contribution is 2.47. The van der Waals surface area contributed by atoms with Crippen molar-refractivity contribution >= 4 is 28.2 Å². The van der Waals surface area contributed by atoms with E-state index in [0.717, 1.165) is 56.0 Å². The average Bonchev–Trinajstić information content (AvgIpc) is 3.46. The number of aromatic nitrogens is 1. The number of ketones is 1. The fourth-order valence-electron chi connectivity index (χ4n) is 5.11. The maximum atomic E-state index is 12.5. The van der Waals surface area contributed by atoms with Crippen molar-refractivity contribution in [3.63, 3.8) is 0 Å². The Morgan fingerprint density at radius 1 is 1.20 bits per heavy atom. The molecule has 0 bridgehead atoms. The highest BCUT2D eigenvalue weighted by molar-refractivity contribution is 5.98. The van der Waals surface area contributed by atoms with E-state index in [1.54, 1.807) is 19.0 Å². The minimum Gasteiger partial charge on any atom is -0.367 e. The van der Waals surface area contributed by atoms with Crippen LogP contribution in [-0.4, -0.2) is 47.9 Å². The van der Waals surface area contributed by atoms with E-state index in [0.29, 0.717) is 29.7 Å². The van der Waals surface area contributed by atoms with Crippen molar-refractivity contribution in [3.05, 3.63) is 41.6 Å². The molecule has 5 heteroatoms. The SMILES string of the molecule is CN(C)C(=O)c1cc2ccc(C3=CCCCC(C4COC5(CC5)C(=O)C4)C3)cc2[nH]1.[HH]. The van der Waals surface area contributed by atoms with Gasteiger partial charge in [-0.05, 0) is 73.6 Å². The quantitative estimate of drug-likeness (QED) is 0.791. The summed E-state index contributed by atoms with van der Waals surface area (Å²) >= 11 is 0. The van der Waals surface area contributed by atoms with Gasteiger partial charge in [-0.25, -0.2) is 0 Å². The molecule has 1 aliphatic heterocycles. The molecule has 1 aromatic heterocycles. The van der Waals surface area contributed by atoms with Crippen LogP contribution < -0.4 is 0 Å². The number of fused-ring (bicyclic) bond motifs is 1. The number of benzene rings is 1.